The number of nitrogens with zero attached hydrogens (tertiary/aromatic N) is 3. The highest BCUT2D eigenvalue weighted by atomic mass is 79.9. The Morgan fingerprint density at radius 3 is 2.61 bits per heavy atom. The molecule has 4 rings (SSSR count). The van der Waals surface area contributed by atoms with Crippen LogP contribution in [0.1, 0.15) is 11.3 Å². The summed E-state index contributed by atoms with van der Waals surface area (Å²) >= 11 is 3.36. The number of amides is 1. The summed E-state index contributed by atoms with van der Waals surface area (Å²) in [5.41, 5.74) is 0.372. The van der Waals surface area contributed by atoms with E-state index in [1.165, 1.54) is 25.6 Å². The number of pyridine rings is 1. The van der Waals surface area contributed by atoms with E-state index in [-0.39, 0.29) is 23.0 Å². The van der Waals surface area contributed by atoms with E-state index < -0.39 is 17.8 Å². The molecule has 0 aliphatic heterocycles. The van der Waals surface area contributed by atoms with Crippen LogP contribution in [0.3, 0.4) is 0 Å². The van der Waals surface area contributed by atoms with Gasteiger partial charge in [-0.05, 0) is 41.1 Å². The van der Waals surface area contributed by atoms with Gasteiger partial charge in [-0.2, -0.15) is 18.2 Å². The Morgan fingerprint density at radius 1 is 1.15 bits per heavy atom. The van der Waals surface area contributed by atoms with Crippen molar-refractivity contribution in [3.8, 4) is 23.0 Å². The van der Waals surface area contributed by atoms with Gasteiger partial charge in [0.25, 0.3) is 0 Å². The minimum Gasteiger partial charge on any atom is -0.453 e. The predicted molar refractivity (Wildman–Crippen MR) is 117 cm³/mol. The zero-order chi connectivity index (χ0) is 23.8. The highest BCUT2D eigenvalue weighted by Crippen LogP contribution is 2.41. The number of aryl methyl sites for hydroxylation is 1. The molecular formula is C21H15BrF3N5O3. The van der Waals surface area contributed by atoms with E-state index in [9.17, 15) is 18.0 Å². The van der Waals surface area contributed by atoms with Crippen molar-refractivity contribution in [1.82, 2.24) is 19.9 Å². The number of H-pyrrole nitrogens is 1. The van der Waals surface area contributed by atoms with Crippen LogP contribution in [0.5, 0.6) is 11.8 Å². The van der Waals surface area contributed by atoms with E-state index in [0.29, 0.717) is 27.3 Å². The fraction of sp³-hybridized carbons (Fsp3) is 0.143. The van der Waals surface area contributed by atoms with Crippen LogP contribution in [0.2, 0.25) is 0 Å². The van der Waals surface area contributed by atoms with Gasteiger partial charge in [-0.15, -0.1) is 0 Å². The molecule has 1 amide bonds. The first kappa shape index (κ1) is 22.5. The molecule has 0 fully saturated rings. The monoisotopic (exact) mass is 521 g/mol. The Labute approximate surface area is 193 Å². The van der Waals surface area contributed by atoms with E-state index >= 15 is 0 Å². The third-order valence-corrected chi connectivity index (χ3v) is 5.46. The molecule has 0 aliphatic carbocycles. The number of hydrogen-bond acceptors (Lipinski definition) is 6. The highest BCUT2D eigenvalue weighted by Gasteiger charge is 2.36. The fourth-order valence-electron chi connectivity index (χ4n) is 3.06. The summed E-state index contributed by atoms with van der Waals surface area (Å²) in [6.45, 7) is 1.79. The topological polar surface area (TPSA) is 102 Å². The van der Waals surface area contributed by atoms with Gasteiger partial charge < -0.3 is 14.5 Å². The van der Waals surface area contributed by atoms with Crippen molar-refractivity contribution >= 4 is 38.6 Å². The van der Waals surface area contributed by atoms with Crippen LogP contribution in [0.25, 0.3) is 22.2 Å². The normalized spacial score (nSPS) is 11.5. The van der Waals surface area contributed by atoms with Gasteiger partial charge in [0.2, 0.25) is 0 Å². The van der Waals surface area contributed by atoms with Gasteiger partial charge in [0.1, 0.15) is 11.3 Å². The van der Waals surface area contributed by atoms with E-state index in [2.05, 4.69) is 45.9 Å². The summed E-state index contributed by atoms with van der Waals surface area (Å²) in [6.07, 6.45) is -1.89. The zero-order valence-electron chi connectivity index (χ0n) is 17.1. The number of aromatic amines is 1. The summed E-state index contributed by atoms with van der Waals surface area (Å²) < 4.78 is 51.8. The number of alkyl halides is 3. The Kier molecular flexibility index (Phi) is 5.93. The molecule has 12 heteroatoms. The van der Waals surface area contributed by atoms with Crippen LogP contribution >= 0.6 is 15.9 Å². The van der Waals surface area contributed by atoms with Crippen LogP contribution in [-0.4, -0.2) is 33.1 Å². The maximum atomic E-state index is 13.8. The van der Waals surface area contributed by atoms with Crippen molar-refractivity contribution in [3.63, 3.8) is 0 Å². The average Bonchev–Trinajstić information content (AvgIpc) is 3.21. The Bertz CT molecular complexity index is 1340. The minimum absolute atomic E-state index is 0.178. The van der Waals surface area contributed by atoms with Crippen molar-refractivity contribution in [2.24, 2.45) is 0 Å². The number of nitrogens with one attached hydrogen (secondary N) is 2. The Balaban J connectivity index is 1.81. The molecule has 0 unspecified atom stereocenters. The second kappa shape index (κ2) is 8.70. The summed E-state index contributed by atoms with van der Waals surface area (Å²) in [4.78, 5) is 26.3. The summed E-state index contributed by atoms with van der Waals surface area (Å²) in [5, 5.41) is 2.95. The summed E-state index contributed by atoms with van der Waals surface area (Å²) in [5.74, 6) is 0.284. The molecule has 3 heterocycles. The lowest BCUT2D eigenvalue weighted by atomic mass is 10.1. The molecule has 0 atom stereocenters. The number of anilines is 1. The number of benzene rings is 1. The second-order valence-electron chi connectivity index (χ2n) is 6.82. The van der Waals surface area contributed by atoms with Crippen LogP contribution in [0, 0.1) is 6.92 Å². The first-order valence-corrected chi connectivity index (χ1v) is 10.2. The van der Waals surface area contributed by atoms with Gasteiger partial charge in [0.05, 0.1) is 34.7 Å². The molecule has 4 aromatic rings. The average molecular weight is 522 g/mol. The number of carbonyl (C=O) groups excluding carboxylic acids is 1. The SMILES string of the molecule is COC(=O)Nc1ccc2c(-c3nc(Oc4ccc(C)nc4)ncc3C(F)(F)F)c[nH]c2c1Br. The molecule has 170 valence electrons. The zero-order valence-corrected chi connectivity index (χ0v) is 18.7. The minimum atomic E-state index is -4.70. The molecule has 0 saturated heterocycles. The van der Waals surface area contributed by atoms with E-state index in [4.69, 9.17) is 4.74 Å². The van der Waals surface area contributed by atoms with Crippen molar-refractivity contribution in [1.29, 1.82) is 0 Å². The fourth-order valence-corrected chi connectivity index (χ4v) is 3.62. The van der Waals surface area contributed by atoms with Gasteiger partial charge in [0.15, 0.2) is 0 Å². The van der Waals surface area contributed by atoms with E-state index in [1.54, 1.807) is 25.1 Å². The molecule has 2 N–H and O–H groups in total. The molecule has 0 radical (unpaired) electrons. The van der Waals surface area contributed by atoms with Crippen LogP contribution in [-0.2, 0) is 10.9 Å². The van der Waals surface area contributed by atoms with Gasteiger partial charge in [-0.1, -0.05) is 6.07 Å². The first-order valence-electron chi connectivity index (χ1n) is 9.37. The molecule has 0 bridgehead atoms. The largest absolute Gasteiger partial charge is 0.453 e. The summed E-state index contributed by atoms with van der Waals surface area (Å²) in [6, 6.07) is 6.13. The molecule has 0 spiro atoms. The number of hydrogen-bond donors (Lipinski definition) is 2. The molecule has 3 aromatic heterocycles. The maximum absolute atomic E-state index is 13.8. The third-order valence-electron chi connectivity index (χ3n) is 4.64. The summed E-state index contributed by atoms with van der Waals surface area (Å²) in [7, 11) is 1.22. The van der Waals surface area contributed by atoms with Crippen molar-refractivity contribution in [2.45, 2.75) is 13.1 Å². The van der Waals surface area contributed by atoms with Gasteiger partial charge in [-0.25, -0.2) is 9.78 Å². The highest BCUT2D eigenvalue weighted by molar-refractivity contribution is 9.10. The van der Waals surface area contributed by atoms with Crippen LogP contribution < -0.4 is 10.1 Å². The number of methoxy groups -OCH3 is 1. The molecule has 1 aromatic carbocycles. The quantitative estimate of drug-likeness (QED) is 0.337. The lowest BCUT2D eigenvalue weighted by molar-refractivity contribution is -0.137. The number of ether oxygens (including phenoxy) is 2. The Hall–Kier alpha value is -3.67. The van der Waals surface area contributed by atoms with Crippen LogP contribution in [0.15, 0.2) is 47.3 Å². The number of fused-ring (bicyclic) bond motifs is 1. The van der Waals surface area contributed by atoms with E-state index in [0.717, 1.165) is 5.69 Å². The first-order chi connectivity index (χ1) is 15.7. The lowest BCUT2D eigenvalue weighted by Crippen LogP contribution is -2.11. The number of aromatic nitrogens is 4. The van der Waals surface area contributed by atoms with Gasteiger partial charge >= 0.3 is 18.3 Å². The molecular weight excluding hydrogens is 507 g/mol. The van der Waals surface area contributed by atoms with Crippen molar-refractivity contribution in [2.75, 3.05) is 12.4 Å². The van der Waals surface area contributed by atoms with Crippen LogP contribution in [0.4, 0.5) is 23.7 Å². The molecule has 8 nitrogen and oxygen atoms in total. The smallest absolute Gasteiger partial charge is 0.420 e. The number of rotatable bonds is 4. The van der Waals surface area contributed by atoms with Crippen molar-refractivity contribution < 1.29 is 27.4 Å². The molecule has 0 saturated carbocycles. The second-order valence-corrected chi connectivity index (χ2v) is 7.61. The predicted octanol–water partition coefficient (Wildman–Crippen LogP) is 6.08. The number of carbonyl (C=O) groups is 1. The van der Waals surface area contributed by atoms with E-state index in [1.807, 2.05) is 0 Å². The third kappa shape index (κ3) is 4.60. The molecule has 33 heavy (non-hydrogen) atoms. The lowest BCUT2D eigenvalue weighted by Gasteiger charge is -2.13. The molecule has 0 aliphatic rings. The Morgan fingerprint density at radius 2 is 1.94 bits per heavy atom. The maximum Gasteiger partial charge on any atom is 0.420 e. The standard InChI is InChI=1S/C21H15BrF3N5O3/c1-10-3-4-11(7-26-10)33-19-28-9-14(21(23,24)25)17(30-19)13-8-27-18-12(13)5-6-15(16(18)22)29-20(31)32-2/h3-9,27H,1-2H3,(H,29,31). The number of halogens is 4. The van der Waals surface area contributed by atoms with Gasteiger partial charge in [0, 0.05) is 29.0 Å². The van der Waals surface area contributed by atoms with Gasteiger partial charge in [-0.3, -0.25) is 10.3 Å². The van der Waals surface area contributed by atoms with Crippen molar-refractivity contribution in [3.05, 3.63) is 58.6 Å².